The van der Waals surface area contributed by atoms with Gasteiger partial charge in [-0.25, -0.2) is 8.42 Å². The van der Waals surface area contributed by atoms with E-state index in [0.29, 0.717) is 24.5 Å². The second-order valence-electron chi connectivity index (χ2n) is 8.09. The van der Waals surface area contributed by atoms with E-state index in [-0.39, 0.29) is 17.4 Å². The highest BCUT2D eigenvalue weighted by Crippen LogP contribution is 2.21. The third-order valence-electron chi connectivity index (χ3n) is 5.38. The fourth-order valence-electron chi connectivity index (χ4n) is 3.52. The van der Waals surface area contributed by atoms with Gasteiger partial charge in [-0.2, -0.15) is 0 Å². The van der Waals surface area contributed by atoms with Crippen LogP contribution < -0.4 is 9.46 Å². The number of ether oxygens (including phenoxy) is 1. The monoisotopic (exact) mass is 564 g/mol. The highest BCUT2D eigenvalue weighted by atomic mass is 79.9. The molecule has 0 fully saturated rings. The van der Waals surface area contributed by atoms with Crippen LogP contribution in [0.5, 0.6) is 5.75 Å². The summed E-state index contributed by atoms with van der Waals surface area (Å²) in [5, 5.41) is 0. The van der Waals surface area contributed by atoms with E-state index in [1.807, 2.05) is 60.7 Å². The van der Waals surface area contributed by atoms with Crippen LogP contribution in [0.25, 0.3) is 0 Å². The molecule has 0 saturated heterocycles. The van der Waals surface area contributed by atoms with Crippen LogP contribution in [0.1, 0.15) is 11.1 Å². The van der Waals surface area contributed by atoms with Gasteiger partial charge in [0.05, 0.1) is 4.90 Å². The molecule has 1 amide bonds. The molecule has 0 spiro atoms. The van der Waals surface area contributed by atoms with Gasteiger partial charge in [-0.05, 0) is 59.7 Å². The third-order valence-corrected chi connectivity index (χ3v) is 7.30. The van der Waals surface area contributed by atoms with Crippen LogP contribution in [0.3, 0.4) is 0 Å². The second-order valence-corrected chi connectivity index (χ2v) is 10.7. The summed E-state index contributed by atoms with van der Waals surface area (Å²) in [7, 11) is -3.75. The third kappa shape index (κ3) is 7.19. The fourth-order valence-corrected chi connectivity index (χ4v) is 4.85. The van der Waals surface area contributed by atoms with E-state index in [0.717, 1.165) is 15.6 Å². The molecule has 0 aliphatic carbocycles. The molecule has 0 atom stereocenters. The number of hydrogen-bond donors (Lipinski definition) is 1. The number of nitrogens with zero attached hydrogens (tertiary/aromatic N) is 1. The van der Waals surface area contributed by atoms with Crippen molar-refractivity contribution in [3.05, 3.63) is 125 Å². The summed E-state index contributed by atoms with van der Waals surface area (Å²) in [4.78, 5) is 14.9. The largest absolute Gasteiger partial charge is 0.484 e. The Morgan fingerprint density at radius 3 is 1.81 bits per heavy atom. The van der Waals surface area contributed by atoms with E-state index in [1.165, 1.54) is 12.1 Å². The van der Waals surface area contributed by atoms with E-state index >= 15 is 0 Å². The smallest absolute Gasteiger partial charge is 0.261 e. The van der Waals surface area contributed by atoms with Crippen LogP contribution in [-0.2, 0) is 27.9 Å². The van der Waals surface area contributed by atoms with Gasteiger partial charge in [0.1, 0.15) is 5.75 Å². The molecule has 1 N–H and O–H groups in total. The van der Waals surface area contributed by atoms with Crippen LogP contribution in [0, 0.1) is 0 Å². The Bertz CT molecular complexity index is 1340. The maximum Gasteiger partial charge on any atom is 0.261 e. The molecule has 0 aliphatic heterocycles. The standard InChI is InChI=1S/C28H25BrN2O4S/c29-24-11-13-25(14-12-24)30-36(33,34)27-17-15-26(16-18-27)35-21-28(32)31(19-22-7-3-1-4-8-22)20-23-9-5-2-6-10-23/h1-18,30H,19-21H2. The molecule has 6 nitrogen and oxygen atoms in total. The van der Waals surface area contributed by atoms with Crippen LogP contribution in [0.2, 0.25) is 0 Å². The lowest BCUT2D eigenvalue weighted by Gasteiger charge is -2.23. The van der Waals surface area contributed by atoms with Gasteiger partial charge in [0.2, 0.25) is 0 Å². The van der Waals surface area contributed by atoms with Crippen molar-refractivity contribution in [3.63, 3.8) is 0 Å². The Hall–Kier alpha value is -3.62. The number of carbonyl (C=O) groups excluding carboxylic acids is 1. The van der Waals surface area contributed by atoms with Crippen molar-refractivity contribution in [2.75, 3.05) is 11.3 Å². The average molecular weight is 565 g/mol. The van der Waals surface area contributed by atoms with E-state index in [1.54, 1.807) is 41.3 Å². The molecule has 0 aromatic heterocycles. The summed E-state index contributed by atoms with van der Waals surface area (Å²) in [5.74, 6) is 0.238. The Labute approximate surface area is 219 Å². The van der Waals surface area contributed by atoms with Crippen molar-refractivity contribution in [2.24, 2.45) is 0 Å². The fraction of sp³-hybridized carbons (Fsp3) is 0.107. The summed E-state index contributed by atoms with van der Waals surface area (Å²) < 4.78 is 34.5. The molecule has 0 heterocycles. The number of carbonyl (C=O) groups is 1. The second kappa shape index (κ2) is 11.9. The molecule has 0 radical (unpaired) electrons. The van der Waals surface area contributed by atoms with Gasteiger partial charge < -0.3 is 9.64 Å². The van der Waals surface area contributed by atoms with Gasteiger partial charge in [-0.15, -0.1) is 0 Å². The van der Waals surface area contributed by atoms with Crippen molar-refractivity contribution in [2.45, 2.75) is 18.0 Å². The first-order valence-electron chi connectivity index (χ1n) is 11.3. The molecule has 0 aliphatic rings. The highest BCUT2D eigenvalue weighted by molar-refractivity contribution is 9.10. The number of rotatable bonds is 10. The predicted octanol–water partition coefficient (Wildman–Crippen LogP) is 5.86. The minimum absolute atomic E-state index is 0.0962. The number of anilines is 1. The van der Waals surface area contributed by atoms with Crippen LogP contribution in [-0.4, -0.2) is 25.8 Å². The van der Waals surface area contributed by atoms with Crippen LogP contribution in [0.4, 0.5) is 5.69 Å². The molecular formula is C28H25BrN2O4S. The quantitative estimate of drug-likeness (QED) is 0.262. The van der Waals surface area contributed by atoms with Crippen molar-refractivity contribution in [1.29, 1.82) is 0 Å². The lowest BCUT2D eigenvalue weighted by atomic mass is 10.1. The van der Waals surface area contributed by atoms with Gasteiger partial charge in [0.15, 0.2) is 6.61 Å². The van der Waals surface area contributed by atoms with E-state index in [4.69, 9.17) is 4.74 Å². The topological polar surface area (TPSA) is 75.7 Å². The maximum absolute atomic E-state index is 13.1. The van der Waals surface area contributed by atoms with Gasteiger partial charge >= 0.3 is 0 Å². The molecular weight excluding hydrogens is 540 g/mol. The Morgan fingerprint density at radius 2 is 1.28 bits per heavy atom. The molecule has 0 bridgehead atoms. The lowest BCUT2D eigenvalue weighted by molar-refractivity contribution is -0.134. The first kappa shape index (κ1) is 25.5. The van der Waals surface area contributed by atoms with Crippen molar-refractivity contribution < 1.29 is 17.9 Å². The van der Waals surface area contributed by atoms with E-state index in [9.17, 15) is 13.2 Å². The number of halogens is 1. The molecule has 0 unspecified atom stereocenters. The van der Waals surface area contributed by atoms with Gasteiger partial charge in [-0.1, -0.05) is 76.6 Å². The summed E-state index contributed by atoms with van der Waals surface area (Å²) in [5.41, 5.74) is 2.50. The molecule has 4 aromatic rings. The highest BCUT2D eigenvalue weighted by Gasteiger charge is 2.17. The SMILES string of the molecule is O=C(COc1ccc(S(=O)(=O)Nc2ccc(Br)cc2)cc1)N(Cc1ccccc1)Cc1ccccc1. The number of benzene rings is 4. The predicted molar refractivity (Wildman–Crippen MR) is 144 cm³/mol. The van der Waals surface area contributed by atoms with Crippen molar-refractivity contribution in [1.82, 2.24) is 4.90 Å². The summed E-state index contributed by atoms with van der Waals surface area (Å²) >= 11 is 3.33. The average Bonchev–Trinajstić information content (AvgIpc) is 2.89. The Balaban J connectivity index is 1.40. The normalized spacial score (nSPS) is 11.0. The summed E-state index contributed by atoms with van der Waals surface area (Å²) in [6.45, 7) is 0.747. The Morgan fingerprint density at radius 1 is 0.750 bits per heavy atom. The van der Waals surface area contributed by atoms with Crippen molar-refractivity contribution >= 4 is 37.5 Å². The summed E-state index contributed by atoms with van der Waals surface area (Å²) in [6.07, 6.45) is 0. The van der Waals surface area contributed by atoms with Gasteiger partial charge in [0.25, 0.3) is 15.9 Å². The minimum atomic E-state index is -3.75. The molecule has 184 valence electrons. The van der Waals surface area contributed by atoms with Crippen molar-refractivity contribution in [3.8, 4) is 5.75 Å². The van der Waals surface area contributed by atoms with E-state index in [2.05, 4.69) is 20.7 Å². The van der Waals surface area contributed by atoms with Gasteiger partial charge in [0, 0.05) is 23.2 Å². The van der Waals surface area contributed by atoms with Crippen LogP contribution >= 0.6 is 15.9 Å². The first-order valence-corrected chi connectivity index (χ1v) is 13.5. The molecule has 8 heteroatoms. The van der Waals surface area contributed by atoms with E-state index < -0.39 is 10.0 Å². The molecule has 36 heavy (non-hydrogen) atoms. The zero-order chi connectivity index (χ0) is 25.4. The minimum Gasteiger partial charge on any atom is -0.484 e. The van der Waals surface area contributed by atoms with Crippen LogP contribution in [0.15, 0.2) is 119 Å². The number of hydrogen-bond acceptors (Lipinski definition) is 4. The Kier molecular flexibility index (Phi) is 8.40. The number of sulfonamides is 1. The molecule has 4 aromatic carbocycles. The zero-order valence-electron chi connectivity index (χ0n) is 19.4. The summed E-state index contributed by atoms with van der Waals surface area (Å²) in [6, 6.07) is 32.4. The number of nitrogens with one attached hydrogen (secondary N) is 1. The zero-order valence-corrected chi connectivity index (χ0v) is 21.8. The molecule has 0 saturated carbocycles. The molecule has 4 rings (SSSR count). The maximum atomic E-state index is 13.1. The van der Waals surface area contributed by atoms with Gasteiger partial charge in [-0.3, -0.25) is 9.52 Å². The lowest BCUT2D eigenvalue weighted by Crippen LogP contribution is -2.34. The first-order chi connectivity index (χ1) is 17.4. The number of amides is 1.